The molecule has 0 fully saturated rings. The van der Waals surface area contributed by atoms with E-state index in [9.17, 15) is 9.59 Å². The van der Waals surface area contributed by atoms with Crippen LogP contribution in [-0.2, 0) is 4.74 Å². The van der Waals surface area contributed by atoms with Gasteiger partial charge in [-0.3, -0.25) is 15.1 Å². The van der Waals surface area contributed by atoms with Crippen LogP contribution in [0.2, 0.25) is 0 Å². The summed E-state index contributed by atoms with van der Waals surface area (Å²) in [7, 11) is 0. The molecule has 136 valence electrons. The number of nitrogens with one attached hydrogen (secondary N) is 2. The van der Waals surface area contributed by atoms with Crippen LogP contribution in [0.15, 0.2) is 41.4 Å². The molecule has 1 aliphatic heterocycles. The number of aromatic amines is 1. The van der Waals surface area contributed by atoms with Gasteiger partial charge in [-0.1, -0.05) is 24.3 Å². The van der Waals surface area contributed by atoms with Gasteiger partial charge in [-0.05, 0) is 31.5 Å². The van der Waals surface area contributed by atoms with Crippen LogP contribution in [0.3, 0.4) is 0 Å². The summed E-state index contributed by atoms with van der Waals surface area (Å²) in [4.78, 5) is 35.7. The molecule has 0 saturated heterocycles. The second-order valence-corrected chi connectivity index (χ2v) is 6.25. The molecule has 3 aromatic rings. The number of rotatable bonds is 3. The smallest absolute Gasteiger partial charge is 0.413 e. The zero-order valence-electron chi connectivity index (χ0n) is 15.0. The maximum absolute atomic E-state index is 12.2. The number of aliphatic imine (C=N–C) groups is 1. The number of amides is 1. The van der Waals surface area contributed by atoms with E-state index in [2.05, 4.69) is 20.3 Å². The largest absolute Gasteiger partial charge is 0.450 e. The number of fused-ring (bicyclic) bond motifs is 2. The van der Waals surface area contributed by atoms with Crippen molar-refractivity contribution >= 4 is 34.6 Å². The fourth-order valence-electron chi connectivity index (χ4n) is 3.25. The number of nitrogens with zero attached hydrogens (tertiary/aromatic N) is 2. The van der Waals surface area contributed by atoms with E-state index in [1.165, 1.54) is 0 Å². The minimum Gasteiger partial charge on any atom is -0.450 e. The zero-order chi connectivity index (χ0) is 19.0. The number of hydrogen-bond donors (Lipinski definition) is 2. The van der Waals surface area contributed by atoms with Crippen LogP contribution in [0.4, 0.5) is 10.7 Å². The predicted molar refractivity (Wildman–Crippen MR) is 103 cm³/mol. The molecule has 4 rings (SSSR count). The number of carbonyl (C=O) groups is 2. The number of anilines is 1. The molecular formula is C20H18N4O3. The van der Waals surface area contributed by atoms with Crippen molar-refractivity contribution in [1.82, 2.24) is 9.97 Å². The number of hydrogen-bond acceptors (Lipinski definition) is 5. The number of H-pyrrole nitrogens is 1. The maximum Gasteiger partial charge on any atom is 0.413 e. The minimum absolute atomic E-state index is 0.0287. The molecule has 2 heterocycles. The number of Topliss-reactive ketones (excluding diaryl/α,β-unsaturated/α-hetero) is 1. The molecule has 0 aliphatic carbocycles. The monoisotopic (exact) mass is 362 g/mol. The summed E-state index contributed by atoms with van der Waals surface area (Å²) in [5.74, 6) is 0.346. The van der Waals surface area contributed by atoms with E-state index in [0.717, 1.165) is 27.9 Å². The molecule has 0 radical (unpaired) electrons. The number of ether oxygens (including phenoxy) is 1. The van der Waals surface area contributed by atoms with Gasteiger partial charge in [-0.25, -0.2) is 9.78 Å². The summed E-state index contributed by atoms with van der Waals surface area (Å²) < 4.78 is 4.86. The third-order valence-corrected chi connectivity index (χ3v) is 4.44. The fourth-order valence-corrected chi connectivity index (χ4v) is 3.25. The third-order valence-electron chi connectivity index (χ3n) is 4.44. The highest BCUT2D eigenvalue weighted by Gasteiger charge is 2.23. The van der Waals surface area contributed by atoms with Gasteiger partial charge in [0.05, 0.1) is 23.4 Å². The van der Waals surface area contributed by atoms with E-state index in [1.54, 1.807) is 6.92 Å². The van der Waals surface area contributed by atoms with Crippen LogP contribution in [0, 0.1) is 6.92 Å². The standard InChI is InChI=1S/C20H18N4O3/c1-3-27-20(26)24-19-22-14-8-7-12(9-15(14)23-19)18-17-11(2)5-4-6-13(17)16(25)10-21-18/h4-9H,3,10H2,1-2H3,(H2,22,23,24,26). The first-order valence-corrected chi connectivity index (χ1v) is 8.68. The lowest BCUT2D eigenvalue weighted by atomic mass is 9.89. The summed E-state index contributed by atoms with van der Waals surface area (Å²) in [6, 6.07) is 11.4. The van der Waals surface area contributed by atoms with E-state index in [1.807, 2.05) is 43.3 Å². The topological polar surface area (TPSA) is 96.4 Å². The van der Waals surface area contributed by atoms with E-state index < -0.39 is 6.09 Å². The molecule has 2 N–H and O–H groups in total. The normalized spacial score (nSPS) is 13.3. The molecule has 7 nitrogen and oxygen atoms in total. The van der Waals surface area contributed by atoms with E-state index in [0.29, 0.717) is 17.0 Å². The lowest BCUT2D eigenvalue weighted by Gasteiger charge is -2.18. The first-order valence-electron chi connectivity index (χ1n) is 8.68. The van der Waals surface area contributed by atoms with Gasteiger partial charge in [0.1, 0.15) is 6.54 Å². The highest BCUT2D eigenvalue weighted by molar-refractivity contribution is 6.23. The van der Waals surface area contributed by atoms with Crippen LogP contribution in [-0.4, -0.2) is 40.7 Å². The van der Waals surface area contributed by atoms with Crippen LogP contribution < -0.4 is 5.32 Å². The van der Waals surface area contributed by atoms with Gasteiger partial charge in [0.25, 0.3) is 0 Å². The quantitative estimate of drug-likeness (QED) is 0.745. The zero-order valence-corrected chi connectivity index (χ0v) is 15.0. The Kier molecular flexibility index (Phi) is 4.19. The highest BCUT2D eigenvalue weighted by atomic mass is 16.5. The molecule has 1 aliphatic rings. The molecule has 0 bridgehead atoms. The maximum atomic E-state index is 12.2. The first kappa shape index (κ1) is 17.0. The van der Waals surface area contributed by atoms with E-state index >= 15 is 0 Å². The number of imidazole rings is 1. The van der Waals surface area contributed by atoms with Gasteiger partial charge < -0.3 is 9.72 Å². The van der Waals surface area contributed by atoms with Crippen molar-refractivity contribution in [2.75, 3.05) is 18.5 Å². The van der Waals surface area contributed by atoms with Crippen molar-refractivity contribution in [3.63, 3.8) is 0 Å². The van der Waals surface area contributed by atoms with Crippen LogP contribution in [0.1, 0.15) is 34.0 Å². The Bertz CT molecular complexity index is 1100. The lowest BCUT2D eigenvalue weighted by molar-refractivity contribution is 0.1000. The summed E-state index contributed by atoms with van der Waals surface area (Å²) in [5.41, 5.74) is 5.73. The van der Waals surface area contributed by atoms with Crippen LogP contribution in [0.5, 0.6) is 0 Å². The Morgan fingerprint density at radius 3 is 2.96 bits per heavy atom. The Labute approximate surface area is 155 Å². The minimum atomic E-state index is -0.559. The van der Waals surface area contributed by atoms with Crippen LogP contribution >= 0.6 is 0 Å². The third kappa shape index (κ3) is 3.08. The molecule has 1 amide bonds. The first-order chi connectivity index (χ1) is 13.1. The SMILES string of the molecule is CCOC(=O)Nc1nc2ccc(C3=NCC(=O)c4cccc(C)c43)cc2[nH]1. The number of aryl methyl sites for hydroxylation is 1. The summed E-state index contributed by atoms with van der Waals surface area (Å²) >= 11 is 0. The molecule has 0 spiro atoms. The molecule has 0 atom stereocenters. The highest BCUT2D eigenvalue weighted by Crippen LogP contribution is 2.25. The number of carbonyl (C=O) groups excluding carboxylic acids is 2. The fraction of sp³-hybridized carbons (Fsp3) is 0.200. The van der Waals surface area contributed by atoms with Gasteiger partial charge in [0, 0.05) is 16.7 Å². The predicted octanol–water partition coefficient (Wildman–Crippen LogP) is 3.47. The Morgan fingerprint density at radius 1 is 1.30 bits per heavy atom. The average molecular weight is 362 g/mol. The Hall–Kier alpha value is -3.48. The number of benzene rings is 2. The molecule has 27 heavy (non-hydrogen) atoms. The van der Waals surface area contributed by atoms with Crippen molar-refractivity contribution in [2.24, 2.45) is 4.99 Å². The van der Waals surface area contributed by atoms with E-state index in [-0.39, 0.29) is 18.9 Å². The average Bonchev–Trinajstić information content (AvgIpc) is 3.04. The van der Waals surface area contributed by atoms with Crippen molar-refractivity contribution in [3.05, 3.63) is 58.7 Å². The second-order valence-electron chi connectivity index (χ2n) is 6.25. The Morgan fingerprint density at radius 2 is 2.15 bits per heavy atom. The van der Waals surface area contributed by atoms with Gasteiger partial charge in [-0.2, -0.15) is 0 Å². The molecule has 2 aromatic carbocycles. The summed E-state index contributed by atoms with van der Waals surface area (Å²) in [6.45, 7) is 4.14. The van der Waals surface area contributed by atoms with Crippen molar-refractivity contribution in [3.8, 4) is 0 Å². The molecule has 7 heteroatoms. The van der Waals surface area contributed by atoms with Gasteiger partial charge in [0.15, 0.2) is 5.78 Å². The van der Waals surface area contributed by atoms with Gasteiger partial charge >= 0.3 is 6.09 Å². The van der Waals surface area contributed by atoms with E-state index in [4.69, 9.17) is 4.74 Å². The molecule has 0 saturated carbocycles. The second kappa shape index (κ2) is 6.68. The van der Waals surface area contributed by atoms with Crippen molar-refractivity contribution in [2.45, 2.75) is 13.8 Å². The lowest BCUT2D eigenvalue weighted by Crippen LogP contribution is -2.21. The summed E-state index contributed by atoms with van der Waals surface area (Å²) in [5, 5.41) is 2.56. The number of ketones is 1. The molecule has 0 unspecified atom stereocenters. The van der Waals surface area contributed by atoms with Crippen molar-refractivity contribution < 1.29 is 14.3 Å². The summed E-state index contributed by atoms with van der Waals surface area (Å²) in [6.07, 6.45) is -0.559. The van der Waals surface area contributed by atoms with Gasteiger partial charge in [-0.15, -0.1) is 0 Å². The Balaban J connectivity index is 1.73. The molecule has 1 aromatic heterocycles. The number of aromatic nitrogens is 2. The van der Waals surface area contributed by atoms with Crippen molar-refractivity contribution in [1.29, 1.82) is 0 Å². The molecular weight excluding hydrogens is 344 g/mol. The van der Waals surface area contributed by atoms with Gasteiger partial charge in [0.2, 0.25) is 5.95 Å². The van der Waals surface area contributed by atoms with Crippen LogP contribution in [0.25, 0.3) is 11.0 Å².